The summed E-state index contributed by atoms with van der Waals surface area (Å²) in [6.07, 6.45) is 0. The zero-order chi connectivity index (χ0) is 14.0. The minimum atomic E-state index is -0.501. The fourth-order valence-corrected chi connectivity index (χ4v) is 2.47. The number of ether oxygens (including phenoxy) is 1. The average Bonchev–Trinajstić information content (AvgIpc) is 2.35. The van der Waals surface area contributed by atoms with Crippen LogP contribution >= 0.6 is 34.2 Å². The minimum absolute atomic E-state index is 0.123. The van der Waals surface area contributed by atoms with Crippen LogP contribution in [0, 0.1) is 9.39 Å². The van der Waals surface area contributed by atoms with E-state index >= 15 is 0 Å². The third kappa shape index (κ3) is 3.22. The Morgan fingerprint density at radius 2 is 2.00 bits per heavy atom. The number of nitrogen functional groups attached to an aromatic ring is 1. The molecular weight excluding hydrogens is 382 g/mol. The Hall–Kier alpha value is -1.21. The molecule has 0 amide bonds. The predicted octanol–water partition coefficient (Wildman–Crippen LogP) is 4.42. The van der Waals surface area contributed by atoms with Gasteiger partial charge in [-0.1, -0.05) is 11.6 Å². The van der Waals surface area contributed by atoms with E-state index < -0.39 is 5.82 Å². The van der Waals surface area contributed by atoms with Gasteiger partial charge in [0.15, 0.2) is 11.6 Å². The molecule has 0 unspecified atom stereocenters. The highest BCUT2D eigenvalue weighted by atomic mass is 127. The van der Waals surface area contributed by atoms with E-state index in [2.05, 4.69) is 27.9 Å². The van der Waals surface area contributed by atoms with Crippen molar-refractivity contribution in [2.45, 2.75) is 0 Å². The van der Waals surface area contributed by atoms with Crippen LogP contribution in [0.25, 0.3) is 0 Å². The molecule has 3 N–H and O–H groups in total. The van der Waals surface area contributed by atoms with Crippen molar-refractivity contribution in [3.05, 3.63) is 44.7 Å². The van der Waals surface area contributed by atoms with Gasteiger partial charge in [-0.15, -0.1) is 0 Å². The molecule has 0 atom stereocenters. The van der Waals surface area contributed by atoms with Crippen LogP contribution in [0.2, 0.25) is 5.02 Å². The maximum atomic E-state index is 13.4. The molecule has 3 nitrogen and oxygen atoms in total. The maximum absolute atomic E-state index is 13.4. The molecule has 0 saturated heterocycles. The zero-order valence-corrected chi connectivity index (χ0v) is 12.9. The van der Waals surface area contributed by atoms with Crippen LogP contribution in [0.5, 0.6) is 5.75 Å². The molecule has 0 bridgehead atoms. The predicted molar refractivity (Wildman–Crippen MR) is 84.8 cm³/mol. The van der Waals surface area contributed by atoms with Crippen molar-refractivity contribution in [2.75, 3.05) is 18.2 Å². The van der Waals surface area contributed by atoms with E-state index in [0.717, 1.165) is 3.57 Å². The Bertz CT molecular complexity index is 622. The molecule has 100 valence electrons. The van der Waals surface area contributed by atoms with Gasteiger partial charge in [0.25, 0.3) is 0 Å². The first-order valence-electron chi connectivity index (χ1n) is 5.36. The van der Waals surface area contributed by atoms with Crippen molar-refractivity contribution in [3.8, 4) is 5.75 Å². The van der Waals surface area contributed by atoms with Crippen LogP contribution in [0.15, 0.2) is 30.3 Å². The quantitative estimate of drug-likeness (QED) is 0.600. The van der Waals surface area contributed by atoms with Crippen LogP contribution in [0.4, 0.5) is 21.5 Å². The van der Waals surface area contributed by atoms with E-state index in [1.807, 2.05) is 18.2 Å². The Morgan fingerprint density at radius 1 is 1.26 bits per heavy atom. The highest BCUT2D eigenvalue weighted by molar-refractivity contribution is 14.1. The van der Waals surface area contributed by atoms with Crippen molar-refractivity contribution in [3.63, 3.8) is 0 Å². The summed E-state index contributed by atoms with van der Waals surface area (Å²) in [6.45, 7) is 0. The van der Waals surface area contributed by atoms with Gasteiger partial charge in [0.1, 0.15) is 0 Å². The molecule has 0 aliphatic carbocycles. The van der Waals surface area contributed by atoms with Crippen LogP contribution < -0.4 is 15.8 Å². The molecule has 19 heavy (non-hydrogen) atoms. The first-order valence-corrected chi connectivity index (χ1v) is 6.82. The highest BCUT2D eigenvalue weighted by Crippen LogP contribution is 2.33. The summed E-state index contributed by atoms with van der Waals surface area (Å²) in [5.74, 6) is -0.377. The van der Waals surface area contributed by atoms with Gasteiger partial charge in [-0.2, -0.15) is 0 Å². The number of nitrogens with one attached hydrogen (secondary N) is 1. The van der Waals surface area contributed by atoms with Crippen LogP contribution in [0.3, 0.4) is 0 Å². The van der Waals surface area contributed by atoms with Gasteiger partial charge in [0, 0.05) is 15.7 Å². The summed E-state index contributed by atoms with van der Waals surface area (Å²) in [6, 6.07) is 8.27. The Kier molecular flexibility index (Phi) is 4.36. The second-order valence-electron chi connectivity index (χ2n) is 3.82. The van der Waals surface area contributed by atoms with Gasteiger partial charge < -0.3 is 15.8 Å². The topological polar surface area (TPSA) is 47.3 Å². The number of nitrogens with two attached hydrogens (primary N) is 1. The van der Waals surface area contributed by atoms with E-state index in [9.17, 15) is 4.39 Å². The van der Waals surface area contributed by atoms with Crippen LogP contribution in [-0.2, 0) is 0 Å². The molecule has 0 fully saturated rings. The largest absolute Gasteiger partial charge is 0.494 e. The molecule has 6 heteroatoms. The smallest absolute Gasteiger partial charge is 0.167 e. The van der Waals surface area contributed by atoms with Gasteiger partial charge in [-0.3, -0.25) is 0 Å². The maximum Gasteiger partial charge on any atom is 0.167 e. The average molecular weight is 393 g/mol. The van der Waals surface area contributed by atoms with Gasteiger partial charge in [-0.05, 0) is 40.8 Å². The monoisotopic (exact) mass is 392 g/mol. The Morgan fingerprint density at radius 3 is 2.63 bits per heavy atom. The van der Waals surface area contributed by atoms with Crippen molar-refractivity contribution >= 4 is 51.3 Å². The zero-order valence-electron chi connectivity index (χ0n) is 10.0. The lowest BCUT2D eigenvalue weighted by molar-refractivity contribution is 0.387. The number of benzene rings is 2. The van der Waals surface area contributed by atoms with Crippen molar-refractivity contribution in [1.82, 2.24) is 0 Å². The number of hydrogen-bond donors (Lipinski definition) is 2. The second-order valence-corrected chi connectivity index (χ2v) is 5.48. The number of rotatable bonds is 3. The molecule has 0 heterocycles. The molecular formula is C13H11ClFIN2O. The van der Waals surface area contributed by atoms with E-state index in [4.69, 9.17) is 22.1 Å². The minimum Gasteiger partial charge on any atom is -0.494 e. The summed E-state index contributed by atoms with van der Waals surface area (Å²) >= 11 is 8.29. The highest BCUT2D eigenvalue weighted by Gasteiger charge is 2.10. The third-order valence-electron chi connectivity index (χ3n) is 2.52. The van der Waals surface area contributed by atoms with E-state index in [-0.39, 0.29) is 11.4 Å². The van der Waals surface area contributed by atoms with Crippen molar-refractivity contribution < 1.29 is 9.13 Å². The number of hydrogen-bond acceptors (Lipinski definition) is 3. The molecule has 0 aromatic heterocycles. The lowest BCUT2D eigenvalue weighted by Crippen LogP contribution is -1.99. The van der Waals surface area contributed by atoms with E-state index in [1.165, 1.54) is 19.2 Å². The van der Waals surface area contributed by atoms with Crippen molar-refractivity contribution in [2.24, 2.45) is 0 Å². The molecule has 0 saturated carbocycles. The van der Waals surface area contributed by atoms with Gasteiger partial charge in [0.2, 0.25) is 0 Å². The summed E-state index contributed by atoms with van der Waals surface area (Å²) in [5, 5.41) is 3.63. The van der Waals surface area contributed by atoms with Gasteiger partial charge >= 0.3 is 0 Å². The lowest BCUT2D eigenvalue weighted by Gasteiger charge is -2.13. The lowest BCUT2D eigenvalue weighted by atomic mass is 10.2. The third-order valence-corrected chi connectivity index (χ3v) is 3.51. The molecule has 2 aromatic carbocycles. The standard InChI is InChI=1S/C13H11ClFIN2O/c1-19-13-6-12(10(17)5-9(13)15)18-11-3-2-7(16)4-8(11)14/h2-6,18H,17H2,1H3. The Labute approximate surface area is 129 Å². The summed E-state index contributed by atoms with van der Waals surface area (Å²) < 4.78 is 19.4. The van der Waals surface area contributed by atoms with E-state index in [0.29, 0.717) is 16.4 Å². The van der Waals surface area contributed by atoms with E-state index in [1.54, 1.807) is 0 Å². The fourth-order valence-electron chi connectivity index (χ4n) is 1.57. The summed E-state index contributed by atoms with van der Waals surface area (Å²) in [5.41, 5.74) is 7.29. The number of methoxy groups -OCH3 is 1. The molecule has 0 aliphatic heterocycles. The number of halogens is 3. The fraction of sp³-hybridized carbons (Fsp3) is 0.0769. The van der Waals surface area contributed by atoms with Crippen LogP contribution in [0.1, 0.15) is 0 Å². The summed E-state index contributed by atoms with van der Waals surface area (Å²) in [4.78, 5) is 0. The molecule has 0 aliphatic rings. The molecule has 0 spiro atoms. The first kappa shape index (κ1) is 14.2. The van der Waals surface area contributed by atoms with Gasteiger partial charge in [-0.25, -0.2) is 4.39 Å². The van der Waals surface area contributed by atoms with Crippen LogP contribution in [-0.4, -0.2) is 7.11 Å². The number of anilines is 3. The molecule has 2 aromatic rings. The Balaban J connectivity index is 2.37. The SMILES string of the molecule is COc1cc(Nc2ccc(I)cc2Cl)c(N)cc1F. The van der Waals surface area contributed by atoms with Gasteiger partial charge in [0.05, 0.1) is 29.2 Å². The molecule has 0 radical (unpaired) electrons. The first-order chi connectivity index (χ1) is 9.01. The normalized spacial score (nSPS) is 10.3. The summed E-state index contributed by atoms with van der Waals surface area (Å²) in [7, 11) is 1.40. The second kappa shape index (κ2) is 5.83. The van der Waals surface area contributed by atoms with Crippen molar-refractivity contribution in [1.29, 1.82) is 0 Å². The molecule has 2 rings (SSSR count).